The number of hydrogen-bond acceptors (Lipinski definition) is 3. The van der Waals surface area contributed by atoms with Gasteiger partial charge < -0.3 is 5.32 Å². The van der Waals surface area contributed by atoms with Gasteiger partial charge in [0.1, 0.15) is 0 Å². The molecule has 2 rings (SSSR count). The monoisotopic (exact) mass is 350 g/mol. The summed E-state index contributed by atoms with van der Waals surface area (Å²) in [6, 6.07) is 6.04. The van der Waals surface area contributed by atoms with Crippen molar-refractivity contribution in [2.24, 2.45) is 0 Å². The van der Waals surface area contributed by atoms with E-state index in [1.54, 1.807) is 12.1 Å². The van der Waals surface area contributed by atoms with E-state index in [9.17, 15) is 13.2 Å². The molecule has 1 aromatic carbocycles. The van der Waals surface area contributed by atoms with Crippen LogP contribution in [0.5, 0.6) is 0 Å². The normalized spacial score (nSPS) is 15.0. The standard InChI is InChI=1S/C18H26N2O3S/c1-2-13-19-18(21)16-8-10-17(11-9-16)24(22,23)20-14-12-15-6-4-3-5-7-15/h6,8-11,20H,2-5,7,12-14H2,1H3,(H,19,21). The van der Waals surface area contributed by atoms with Crippen molar-refractivity contribution in [1.82, 2.24) is 10.0 Å². The van der Waals surface area contributed by atoms with Gasteiger partial charge in [-0.25, -0.2) is 13.1 Å². The molecule has 0 saturated heterocycles. The van der Waals surface area contributed by atoms with Gasteiger partial charge in [-0.15, -0.1) is 0 Å². The van der Waals surface area contributed by atoms with Crippen molar-refractivity contribution < 1.29 is 13.2 Å². The first kappa shape index (κ1) is 18.7. The maximum Gasteiger partial charge on any atom is 0.251 e. The lowest BCUT2D eigenvalue weighted by atomic mass is 9.97. The van der Waals surface area contributed by atoms with Gasteiger partial charge >= 0.3 is 0 Å². The fourth-order valence-corrected chi connectivity index (χ4v) is 3.72. The Balaban J connectivity index is 1.91. The van der Waals surface area contributed by atoms with Crippen LogP contribution in [0.1, 0.15) is 55.8 Å². The summed E-state index contributed by atoms with van der Waals surface area (Å²) in [6.07, 6.45) is 8.44. The molecule has 0 aliphatic heterocycles. The zero-order valence-corrected chi connectivity index (χ0v) is 15.0. The number of carbonyl (C=O) groups excluding carboxylic acids is 1. The van der Waals surface area contributed by atoms with Crippen LogP contribution in [0.15, 0.2) is 40.8 Å². The molecule has 1 aliphatic carbocycles. The molecular formula is C18H26N2O3S. The van der Waals surface area contributed by atoms with Crippen molar-refractivity contribution >= 4 is 15.9 Å². The average Bonchev–Trinajstić information content (AvgIpc) is 2.60. The SMILES string of the molecule is CCCNC(=O)c1ccc(S(=O)(=O)NCCC2=CCCCC2)cc1. The first-order valence-electron chi connectivity index (χ1n) is 8.59. The average molecular weight is 350 g/mol. The molecule has 0 aromatic heterocycles. The van der Waals surface area contributed by atoms with E-state index in [1.165, 1.54) is 30.5 Å². The molecular weight excluding hydrogens is 324 g/mol. The van der Waals surface area contributed by atoms with Gasteiger partial charge in [0.2, 0.25) is 10.0 Å². The number of carbonyl (C=O) groups is 1. The maximum absolute atomic E-state index is 12.3. The Morgan fingerprint density at radius 2 is 1.88 bits per heavy atom. The Morgan fingerprint density at radius 3 is 2.50 bits per heavy atom. The van der Waals surface area contributed by atoms with Gasteiger partial charge in [-0.1, -0.05) is 18.6 Å². The molecule has 6 heteroatoms. The van der Waals surface area contributed by atoms with Crippen molar-refractivity contribution in [2.45, 2.75) is 50.3 Å². The summed E-state index contributed by atoms with van der Waals surface area (Å²) in [6.45, 7) is 2.99. The predicted molar refractivity (Wildman–Crippen MR) is 95.4 cm³/mol. The lowest BCUT2D eigenvalue weighted by molar-refractivity contribution is 0.0953. The lowest BCUT2D eigenvalue weighted by Crippen LogP contribution is -2.26. The van der Waals surface area contributed by atoms with Crippen LogP contribution in [-0.2, 0) is 10.0 Å². The quantitative estimate of drug-likeness (QED) is 0.708. The van der Waals surface area contributed by atoms with Crippen LogP contribution in [0.4, 0.5) is 0 Å². The van der Waals surface area contributed by atoms with Crippen LogP contribution in [0, 0.1) is 0 Å². The zero-order valence-electron chi connectivity index (χ0n) is 14.2. The molecule has 0 heterocycles. The second kappa shape index (κ2) is 8.99. The van der Waals surface area contributed by atoms with E-state index in [0.717, 1.165) is 25.7 Å². The number of amides is 1. The Morgan fingerprint density at radius 1 is 1.12 bits per heavy atom. The number of allylic oxidation sites excluding steroid dienone is 1. The topological polar surface area (TPSA) is 75.3 Å². The Kier molecular flexibility index (Phi) is 6.99. The third kappa shape index (κ3) is 5.46. The van der Waals surface area contributed by atoms with Crippen molar-refractivity contribution in [3.63, 3.8) is 0 Å². The largest absolute Gasteiger partial charge is 0.352 e. The molecule has 24 heavy (non-hydrogen) atoms. The minimum Gasteiger partial charge on any atom is -0.352 e. The summed E-state index contributed by atoms with van der Waals surface area (Å²) >= 11 is 0. The third-order valence-corrected chi connectivity index (χ3v) is 5.56. The van der Waals surface area contributed by atoms with E-state index < -0.39 is 10.0 Å². The van der Waals surface area contributed by atoms with E-state index >= 15 is 0 Å². The highest BCUT2D eigenvalue weighted by atomic mass is 32.2. The van der Waals surface area contributed by atoms with E-state index in [-0.39, 0.29) is 10.8 Å². The van der Waals surface area contributed by atoms with Crippen LogP contribution in [0.3, 0.4) is 0 Å². The van der Waals surface area contributed by atoms with Gasteiger partial charge in [0.15, 0.2) is 0 Å². The van der Waals surface area contributed by atoms with Crippen molar-refractivity contribution in [2.75, 3.05) is 13.1 Å². The van der Waals surface area contributed by atoms with Gasteiger partial charge in [0.25, 0.3) is 5.91 Å². The minimum absolute atomic E-state index is 0.182. The van der Waals surface area contributed by atoms with Gasteiger partial charge in [0.05, 0.1) is 4.90 Å². The Labute approximate surface area is 144 Å². The number of nitrogens with one attached hydrogen (secondary N) is 2. The first-order chi connectivity index (χ1) is 11.5. The van der Waals surface area contributed by atoms with Gasteiger partial charge in [-0.3, -0.25) is 4.79 Å². The highest BCUT2D eigenvalue weighted by molar-refractivity contribution is 7.89. The van der Waals surface area contributed by atoms with Gasteiger partial charge in [0, 0.05) is 18.7 Å². The summed E-state index contributed by atoms with van der Waals surface area (Å²) in [4.78, 5) is 12.0. The Bertz CT molecular complexity index is 679. The molecule has 0 fully saturated rings. The van der Waals surface area contributed by atoms with Gasteiger partial charge in [-0.2, -0.15) is 0 Å². The maximum atomic E-state index is 12.3. The molecule has 0 atom stereocenters. The molecule has 5 nitrogen and oxygen atoms in total. The molecule has 1 aliphatic rings. The molecule has 0 saturated carbocycles. The number of benzene rings is 1. The number of hydrogen-bond donors (Lipinski definition) is 2. The molecule has 2 N–H and O–H groups in total. The second-order valence-corrected chi connectivity index (χ2v) is 7.80. The summed E-state index contributed by atoms with van der Waals surface area (Å²) in [5.74, 6) is -0.182. The third-order valence-electron chi connectivity index (χ3n) is 4.09. The van der Waals surface area contributed by atoms with Crippen LogP contribution >= 0.6 is 0 Å². The number of sulfonamides is 1. The van der Waals surface area contributed by atoms with E-state index in [4.69, 9.17) is 0 Å². The number of rotatable bonds is 8. The van der Waals surface area contributed by atoms with Crippen molar-refractivity contribution in [3.05, 3.63) is 41.5 Å². The van der Waals surface area contributed by atoms with Crippen LogP contribution in [0.25, 0.3) is 0 Å². The summed E-state index contributed by atoms with van der Waals surface area (Å²) in [7, 11) is -3.53. The fourth-order valence-electron chi connectivity index (χ4n) is 2.69. The van der Waals surface area contributed by atoms with Crippen LogP contribution in [-0.4, -0.2) is 27.4 Å². The molecule has 1 aromatic rings. The smallest absolute Gasteiger partial charge is 0.251 e. The fraction of sp³-hybridized carbons (Fsp3) is 0.500. The van der Waals surface area contributed by atoms with Crippen LogP contribution in [0.2, 0.25) is 0 Å². The van der Waals surface area contributed by atoms with Crippen molar-refractivity contribution in [3.8, 4) is 0 Å². The van der Waals surface area contributed by atoms with E-state index in [2.05, 4.69) is 16.1 Å². The predicted octanol–water partition coefficient (Wildman–Crippen LogP) is 3.00. The summed E-state index contributed by atoms with van der Waals surface area (Å²) in [5.41, 5.74) is 1.81. The first-order valence-corrected chi connectivity index (χ1v) is 10.1. The highest BCUT2D eigenvalue weighted by Gasteiger charge is 2.15. The highest BCUT2D eigenvalue weighted by Crippen LogP contribution is 2.19. The molecule has 0 unspecified atom stereocenters. The molecule has 0 bridgehead atoms. The Hall–Kier alpha value is -1.66. The molecule has 0 spiro atoms. The second-order valence-electron chi connectivity index (χ2n) is 6.04. The zero-order chi connectivity index (χ0) is 17.4. The summed E-state index contributed by atoms with van der Waals surface area (Å²) in [5, 5.41) is 2.77. The molecule has 132 valence electrons. The molecule has 0 radical (unpaired) electrons. The lowest BCUT2D eigenvalue weighted by Gasteiger charge is -2.13. The van der Waals surface area contributed by atoms with Crippen molar-refractivity contribution in [1.29, 1.82) is 0 Å². The van der Waals surface area contributed by atoms with Crippen LogP contribution < -0.4 is 10.0 Å². The molecule has 1 amide bonds. The summed E-state index contributed by atoms with van der Waals surface area (Å²) < 4.78 is 27.2. The minimum atomic E-state index is -3.53. The van der Waals surface area contributed by atoms with E-state index in [1.807, 2.05) is 6.92 Å². The van der Waals surface area contributed by atoms with Gasteiger partial charge in [-0.05, 0) is 62.8 Å². The van der Waals surface area contributed by atoms with E-state index in [0.29, 0.717) is 18.7 Å².